The molecule has 0 spiro atoms. The Kier molecular flexibility index (Phi) is 8.15. The number of amides is 1. The molecule has 96 valence electrons. The highest BCUT2D eigenvalue weighted by molar-refractivity contribution is 5.81. The van der Waals surface area contributed by atoms with Crippen LogP contribution in [0.1, 0.15) is 13.8 Å². The van der Waals surface area contributed by atoms with E-state index >= 15 is 0 Å². The minimum atomic E-state index is -0.133. The third-order valence-electron chi connectivity index (χ3n) is 2.65. The summed E-state index contributed by atoms with van der Waals surface area (Å²) in [5.74, 6) is 0.433. The first-order chi connectivity index (χ1) is 7.52. The first kappa shape index (κ1) is 15.3. The molecule has 1 amide bonds. The molecule has 0 rings (SSSR count). The summed E-state index contributed by atoms with van der Waals surface area (Å²) in [5.41, 5.74) is 5.55. The van der Waals surface area contributed by atoms with Crippen LogP contribution in [0.25, 0.3) is 0 Å². The van der Waals surface area contributed by atoms with Crippen LogP contribution in [-0.4, -0.2) is 57.2 Å². The molecule has 0 bridgehead atoms. The third kappa shape index (κ3) is 6.05. The summed E-state index contributed by atoms with van der Waals surface area (Å²) >= 11 is 0. The standard InChI is InChI=1S/C11H25N3O2/c1-9(7-12)8-14(3)10(2)11(15)13-5-6-16-4/h9-10H,5-8,12H2,1-4H3,(H,13,15). The zero-order chi connectivity index (χ0) is 12.6. The van der Waals surface area contributed by atoms with Gasteiger partial charge in [-0.3, -0.25) is 9.69 Å². The molecule has 16 heavy (non-hydrogen) atoms. The largest absolute Gasteiger partial charge is 0.383 e. The molecule has 5 nitrogen and oxygen atoms in total. The molecule has 0 saturated heterocycles. The van der Waals surface area contributed by atoms with Crippen molar-refractivity contribution in [3.63, 3.8) is 0 Å². The topological polar surface area (TPSA) is 67.6 Å². The van der Waals surface area contributed by atoms with E-state index in [2.05, 4.69) is 12.2 Å². The predicted molar refractivity (Wildman–Crippen MR) is 65.2 cm³/mol. The molecule has 0 aromatic rings. The summed E-state index contributed by atoms with van der Waals surface area (Å²) in [6, 6.07) is -0.133. The Labute approximate surface area is 98.3 Å². The van der Waals surface area contributed by atoms with Crippen LogP contribution in [0.2, 0.25) is 0 Å². The van der Waals surface area contributed by atoms with Gasteiger partial charge in [0.05, 0.1) is 12.6 Å². The van der Waals surface area contributed by atoms with Crippen LogP contribution >= 0.6 is 0 Å². The number of nitrogens with one attached hydrogen (secondary N) is 1. The normalized spacial score (nSPS) is 14.9. The van der Waals surface area contributed by atoms with E-state index in [1.165, 1.54) is 0 Å². The molecule has 0 aromatic heterocycles. The van der Waals surface area contributed by atoms with Crippen molar-refractivity contribution < 1.29 is 9.53 Å². The molecule has 0 heterocycles. The van der Waals surface area contributed by atoms with E-state index in [9.17, 15) is 4.79 Å². The molecule has 2 atom stereocenters. The molecule has 0 aliphatic carbocycles. The van der Waals surface area contributed by atoms with Gasteiger partial charge in [0.15, 0.2) is 0 Å². The fourth-order valence-electron chi connectivity index (χ4n) is 1.35. The predicted octanol–water partition coefficient (Wildman–Crippen LogP) is -0.336. The van der Waals surface area contributed by atoms with Crippen molar-refractivity contribution in [3.8, 4) is 0 Å². The highest BCUT2D eigenvalue weighted by Crippen LogP contribution is 2.01. The van der Waals surface area contributed by atoms with Crippen molar-refractivity contribution >= 4 is 5.91 Å². The maximum absolute atomic E-state index is 11.7. The number of nitrogens with zero attached hydrogens (tertiary/aromatic N) is 1. The lowest BCUT2D eigenvalue weighted by Crippen LogP contribution is -2.46. The van der Waals surface area contributed by atoms with Gasteiger partial charge in [-0.05, 0) is 26.4 Å². The van der Waals surface area contributed by atoms with E-state index in [-0.39, 0.29) is 11.9 Å². The van der Waals surface area contributed by atoms with E-state index in [0.717, 1.165) is 6.54 Å². The highest BCUT2D eigenvalue weighted by atomic mass is 16.5. The van der Waals surface area contributed by atoms with E-state index in [1.54, 1.807) is 7.11 Å². The second-order valence-electron chi connectivity index (χ2n) is 4.24. The lowest BCUT2D eigenvalue weighted by molar-refractivity contribution is -0.125. The fraction of sp³-hybridized carbons (Fsp3) is 0.909. The van der Waals surface area contributed by atoms with Gasteiger partial charge >= 0.3 is 0 Å². The van der Waals surface area contributed by atoms with E-state index in [4.69, 9.17) is 10.5 Å². The van der Waals surface area contributed by atoms with Gasteiger partial charge < -0.3 is 15.8 Å². The Hall–Kier alpha value is -0.650. The van der Waals surface area contributed by atoms with Crippen LogP contribution < -0.4 is 11.1 Å². The van der Waals surface area contributed by atoms with Gasteiger partial charge in [0, 0.05) is 20.2 Å². The Bertz CT molecular complexity index is 200. The molecule has 0 radical (unpaired) electrons. The number of rotatable bonds is 8. The monoisotopic (exact) mass is 231 g/mol. The van der Waals surface area contributed by atoms with Gasteiger partial charge in [-0.15, -0.1) is 0 Å². The van der Waals surface area contributed by atoms with Gasteiger partial charge in [-0.25, -0.2) is 0 Å². The molecule has 0 saturated carbocycles. The average Bonchev–Trinajstić information content (AvgIpc) is 2.27. The van der Waals surface area contributed by atoms with Crippen molar-refractivity contribution in [1.29, 1.82) is 0 Å². The molecular formula is C11H25N3O2. The maximum atomic E-state index is 11.7. The first-order valence-electron chi connectivity index (χ1n) is 5.69. The number of carbonyl (C=O) groups excluding carboxylic acids is 1. The molecule has 0 aliphatic heterocycles. The van der Waals surface area contributed by atoms with E-state index in [0.29, 0.717) is 25.6 Å². The summed E-state index contributed by atoms with van der Waals surface area (Å²) in [6.45, 7) is 6.54. The minimum Gasteiger partial charge on any atom is -0.383 e. The molecule has 5 heteroatoms. The fourth-order valence-corrected chi connectivity index (χ4v) is 1.35. The van der Waals surface area contributed by atoms with Crippen LogP contribution in [0.5, 0.6) is 0 Å². The summed E-state index contributed by atoms with van der Waals surface area (Å²) in [5, 5.41) is 2.82. The number of carbonyl (C=O) groups is 1. The average molecular weight is 231 g/mol. The van der Waals surface area contributed by atoms with Crippen LogP contribution in [0.4, 0.5) is 0 Å². The lowest BCUT2D eigenvalue weighted by Gasteiger charge is -2.26. The van der Waals surface area contributed by atoms with E-state index in [1.807, 2.05) is 18.9 Å². The molecule has 0 fully saturated rings. The number of likely N-dealkylation sites (N-methyl/N-ethyl adjacent to an activating group) is 1. The Morgan fingerprint density at radius 2 is 2.12 bits per heavy atom. The van der Waals surface area contributed by atoms with Crippen LogP contribution in [-0.2, 0) is 9.53 Å². The van der Waals surface area contributed by atoms with Crippen LogP contribution in [0.15, 0.2) is 0 Å². The zero-order valence-corrected chi connectivity index (χ0v) is 10.8. The summed E-state index contributed by atoms with van der Waals surface area (Å²) in [4.78, 5) is 13.7. The second-order valence-corrected chi connectivity index (χ2v) is 4.24. The van der Waals surface area contributed by atoms with Crippen molar-refractivity contribution in [3.05, 3.63) is 0 Å². The zero-order valence-electron chi connectivity index (χ0n) is 10.8. The van der Waals surface area contributed by atoms with E-state index < -0.39 is 0 Å². The lowest BCUT2D eigenvalue weighted by atomic mass is 10.1. The number of hydrogen-bond donors (Lipinski definition) is 2. The Morgan fingerprint density at radius 3 is 2.62 bits per heavy atom. The molecule has 2 unspecified atom stereocenters. The van der Waals surface area contributed by atoms with Crippen molar-refractivity contribution in [1.82, 2.24) is 10.2 Å². The van der Waals surface area contributed by atoms with Gasteiger partial charge in [-0.1, -0.05) is 6.92 Å². The number of ether oxygens (including phenoxy) is 1. The number of hydrogen-bond acceptors (Lipinski definition) is 4. The molecular weight excluding hydrogens is 206 g/mol. The SMILES string of the molecule is COCCNC(=O)C(C)N(C)CC(C)CN. The number of nitrogens with two attached hydrogens (primary N) is 1. The molecule has 0 aromatic carbocycles. The van der Waals surface area contributed by atoms with Crippen molar-refractivity contribution in [2.24, 2.45) is 11.7 Å². The minimum absolute atomic E-state index is 0.0313. The van der Waals surface area contributed by atoms with Crippen molar-refractivity contribution in [2.45, 2.75) is 19.9 Å². The highest BCUT2D eigenvalue weighted by Gasteiger charge is 2.18. The third-order valence-corrected chi connectivity index (χ3v) is 2.65. The number of methoxy groups -OCH3 is 1. The van der Waals surface area contributed by atoms with Crippen LogP contribution in [0, 0.1) is 5.92 Å². The maximum Gasteiger partial charge on any atom is 0.237 e. The van der Waals surface area contributed by atoms with Gasteiger partial charge in [0.1, 0.15) is 0 Å². The van der Waals surface area contributed by atoms with Gasteiger partial charge in [-0.2, -0.15) is 0 Å². The molecule has 3 N–H and O–H groups in total. The summed E-state index contributed by atoms with van der Waals surface area (Å²) in [6.07, 6.45) is 0. The van der Waals surface area contributed by atoms with Crippen LogP contribution in [0.3, 0.4) is 0 Å². The quantitative estimate of drug-likeness (QED) is 0.561. The Morgan fingerprint density at radius 1 is 1.50 bits per heavy atom. The molecule has 0 aliphatic rings. The second kappa shape index (κ2) is 8.50. The van der Waals surface area contributed by atoms with Gasteiger partial charge in [0.25, 0.3) is 0 Å². The smallest absolute Gasteiger partial charge is 0.237 e. The summed E-state index contributed by atoms with van der Waals surface area (Å²) < 4.78 is 4.87. The van der Waals surface area contributed by atoms with Gasteiger partial charge in [0.2, 0.25) is 5.91 Å². The van der Waals surface area contributed by atoms with Crippen molar-refractivity contribution in [2.75, 3.05) is 40.4 Å². The first-order valence-corrected chi connectivity index (χ1v) is 5.69. The summed E-state index contributed by atoms with van der Waals surface area (Å²) in [7, 11) is 3.55. The Balaban J connectivity index is 3.91.